The topological polar surface area (TPSA) is 51.6 Å². The highest BCUT2D eigenvalue weighted by atomic mass is 19.1. The van der Waals surface area contributed by atoms with Gasteiger partial charge in [0.1, 0.15) is 0 Å². The fourth-order valence-electron chi connectivity index (χ4n) is 1.46. The van der Waals surface area contributed by atoms with Gasteiger partial charge in [0.05, 0.1) is 13.7 Å². The number of rotatable bonds is 4. The second-order valence-electron chi connectivity index (χ2n) is 3.50. The molecule has 0 aliphatic heterocycles. The van der Waals surface area contributed by atoms with Gasteiger partial charge in [-0.05, 0) is 18.2 Å². The minimum absolute atomic E-state index is 0.134. The number of para-hydroxylation sites is 2. The zero-order valence-corrected chi connectivity index (χ0v) is 9.76. The number of halogens is 1. The smallest absolute Gasteiger partial charge is 0.256 e. The zero-order valence-electron chi connectivity index (χ0n) is 9.76. The zero-order chi connectivity index (χ0) is 13.0. The Labute approximate surface area is 104 Å². The van der Waals surface area contributed by atoms with Gasteiger partial charge in [-0.2, -0.15) is 0 Å². The van der Waals surface area contributed by atoms with E-state index in [9.17, 15) is 4.39 Å². The summed E-state index contributed by atoms with van der Waals surface area (Å²) < 4.78 is 24.2. The van der Waals surface area contributed by atoms with E-state index < -0.39 is 12.4 Å². The first-order chi connectivity index (χ1) is 8.76. The fourth-order valence-corrected chi connectivity index (χ4v) is 1.46. The molecular formula is C13H12FNO3. The summed E-state index contributed by atoms with van der Waals surface area (Å²) in [5.41, 5.74) is 0.134. The minimum atomic E-state index is -0.675. The van der Waals surface area contributed by atoms with E-state index >= 15 is 0 Å². The number of methoxy groups -OCH3 is 1. The van der Waals surface area contributed by atoms with Crippen LogP contribution in [0.5, 0.6) is 17.4 Å². The summed E-state index contributed by atoms with van der Waals surface area (Å²) in [6, 6.07) is 8.25. The van der Waals surface area contributed by atoms with Crippen LogP contribution < -0.4 is 9.47 Å². The number of hydrogen-bond acceptors (Lipinski definition) is 4. The second-order valence-corrected chi connectivity index (χ2v) is 3.50. The number of pyridine rings is 1. The van der Waals surface area contributed by atoms with Crippen LogP contribution in [0.3, 0.4) is 0 Å². The summed E-state index contributed by atoms with van der Waals surface area (Å²) in [5, 5.41) is 8.96. The third-order valence-electron chi connectivity index (χ3n) is 2.38. The van der Waals surface area contributed by atoms with Gasteiger partial charge in [-0.3, -0.25) is 0 Å². The van der Waals surface area contributed by atoms with E-state index in [1.54, 1.807) is 24.3 Å². The van der Waals surface area contributed by atoms with Crippen LogP contribution in [0, 0.1) is 5.82 Å². The van der Waals surface area contributed by atoms with Gasteiger partial charge in [0.15, 0.2) is 17.3 Å². The molecule has 1 aromatic heterocycles. The van der Waals surface area contributed by atoms with Gasteiger partial charge in [0.2, 0.25) is 0 Å². The van der Waals surface area contributed by atoms with E-state index in [2.05, 4.69) is 4.98 Å². The van der Waals surface area contributed by atoms with Gasteiger partial charge < -0.3 is 14.6 Å². The molecule has 0 unspecified atom stereocenters. The lowest BCUT2D eigenvalue weighted by Gasteiger charge is -2.10. The summed E-state index contributed by atoms with van der Waals surface area (Å²) in [6.07, 6.45) is 1.37. The standard InChI is InChI=1S/C13H12FNO3/c1-17-10-4-2-3-5-11(10)18-13-12(14)9(8-16)6-7-15-13/h2-7,16H,8H2,1H3. The van der Waals surface area contributed by atoms with E-state index in [1.165, 1.54) is 19.4 Å². The van der Waals surface area contributed by atoms with Crippen LogP contribution in [0.2, 0.25) is 0 Å². The highest BCUT2D eigenvalue weighted by molar-refractivity contribution is 5.42. The van der Waals surface area contributed by atoms with Crippen LogP contribution >= 0.6 is 0 Å². The second kappa shape index (κ2) is 5.46. The Morgan fingerprint density at radius 2 is 1.94 bits per heavy atom. The number of aromatic nitrogens is 1. The number of aliphatic hydroxyl groups excluding tert-OH is 1. The third-order valence-corrected chi connectivity index (χ3v) is 2.38. The molecule has 2 aromatic rings. The lowest BCUT2D eigenvalue weighted by molar-refractivity contribution is 0.272. The van der Waals surface area contributed by atoms with Crippen LogP contribution in [0.1, 0.15) is 5.56 Å². The van der Waals surface area contributed by atoms with Crippen molar-refractivity contribution < 1.29 is 19.0 Å². The average Bonchev–Trinajstić information content (AvgIpc) is 2.42. The maximum absolute atomic E-state index is 13.8. The molecule has 1 N–H and O–H groups in total. The van der Waals surface area contributed by atoms with E-state index in [0.29, 0.717) is 11.5 Å². The van der Waals surface area contributed by atoms with Crippen molar-refractivity contribution in [3.63, 3.8) is 0 Å². The van der Waals surface area contributed by atoms with Gasteiger partial charge in [-0.1, -0.05) is 12.1 Å². The Kier molecular flexibility index (Phi) is 3.74. The SMILES string of the molecule is COc1ccccc1Oc1nccc(CO)c1F. The van der Waals surface area contributed by atoms with Crippen molar-refractivity contribution in [1.29, 1.82) is 0 Å². The van der Waals surface area contributed by atoms with Gasteiger partial charge in [0, 0.05) is 11.8 Å². The number of hydrogen-bond donors (Lipinski definition) is 1. The molecule has 94 valence electrons. The van der Waals surface area contributed by atoms with Gasteiger partial charge in [-0.25, -0.2) is 9.37 Å². The Balaban J connectivity index is 2.34. The van der Waals surface area contributed by atoms with Crippen LogP contribution in [-0.4, -0.2) is 17.2 Å². The Morgan fingerprint density at radius 3 is 2.61 bits per heavy atom. The van der Waals surface area contributed by atoms with Gasteiger partial charge in [-0.15, -0.1) is 0 Å². The lowest BCUT2D eigenvalue weighted by Crippen LogP contribution is -1.98. The molecule has 0 atom stereocenters. The van der Waals surface area contributed by atoms with Crippen LogP contribution in [0.4, 0.5) is 4.39 Å². The largest absolute Gasteiger partial charge is 0.493 e. The lowest BCUT2D eigenvalue weighted by atomic mass is 10.2. The molecular weight excluding hydrogens is 237 g/mol. The monoisotopic (exact) mass is 249 g/mol. The maximum atomic E-state index is 13.8. The number of benzene rings is 1. The minimum Gasteiger partial charge on any atom is -0.493 e. The molecule has 0 radical (unpaired) electrons. The normalized spacial score (nSPS) is 10.2. The first-order valence-corrected chi connectivity index (χ1v) is 5.31. The molecule has 0 spiro atoms. The molecule has 2 rings (SSSR count). The predicted octanol–water partition coefficient (Wildman–Crippen LogP) is 2.51. The quantitative estimate of drug-likeness (QED) is 0.904. The van der Waals surface area contributed by atoms with Crippen molar-refractivity contribution in [3.8, 4) is 17.4 Å². The summed E-state index contributed by atoms with van der Waals surface area (Å²) >= 11 is 0. The number of nitrogens with zero attached hydrogens (tertiary/aromatic N) is 1. The predicted molar refractivity (Wildman–Crippen MR) is 63.2 cm³/mol. The fraction of sp³-hybridized carbons (Fsp3) is 0.154. The van der Waals surface area contributed by atoms with E-state index in [4.69, 9.17) is 14.6 Å². The number of aliphatic hydroxyl groups is 1. The summed E-state index contributed by atoms with van der Waals surface area (Å²) in [6.45, 7) is -0.406. The highest BCUT2D eigenvalue weighted by Gasteiger charge is 2.13. The number of ether oxygens (including phenoxy) is 2. The molecule has 18 heavy (non-hydrogen) atoms. The van der Waals surface area contributed by atoms with Crippen molar-refractivity contribution >= 4 is 0 Å². The van der Waals surface area contributed by atoms with Crippen molar-refractivity contribution in [2.24, 2.45) is 0 Å². The Bertz CT molecular complexity index is 546. The molecule has 0 amide bonds. The highest BCUT2D eigenvalue weighted by Crippen LogP contribution is 2.31. The first kappa shape index (κ1) is 12.3. The maximum Gasteiger partial charge on any atom is 0.256 e. The molecule has 5 heteroatoms. The molecule has 0 saturated heterocycles. The van der Waals surface area contributed by atoms with Crippen LogP contribution in [-0.2, 0) is 6.61 Å². The van der Waals surface area contributed by atoms with E-state index in [0.717, 1.165) is 0 Å². The van der Waals surface area contributed by atoms with Crippen molar-refractivity contribution in [1.82, 2.24) is 4.98 Å². The molecule has 1 heterocycles. The van der Waals surface area contributed by atoms with Crippen molar-refractivity contribution in [2.75, 3.05) is 7.11 Å². The average molecular weight is 249 g/mol. The van der Waals surface area contributed by atoms with Crippen molar-refractivity contribution in [3.05, 3.63) is 47.9 Å². The Hall–Kier alpha value is -2.14. The molecule has 0 aliphatic rings. The molecule has 1 aromatic carbocycles. The summed E-state index contributed by atoms with van der Waals surface area (Å²) in [5.74, 6) is -0.0217. The molecule has 0 bridgehead atoms. The van der Waals surface area contributed by atoms with Gasteiger partial charge in [0.25, 0.3) is 5.88 Å². The molecule has 4 nitrogen and oxygen atoms in total. The van der Waals surface area contributed by atoms with E-state index in [1.807, 2.05) is 0 Å². The van der Waals surface area contributed by atoms with Crippen molar-refractivity contribution in [2.45, 2.75) is 6.61 Å². The van der Waals surface area contributed by atoms with Gasteiger partial charge >= 0.3 is 0 Å². The Morgan fingerprint density at radius 1 is 1.22 bits per heavy atom. The molecule has 0 saturated carbocycles. The van der Waals surface area contributed by atoms with E-state index in [-0.39, 0.29) is 11.4 Å². The van der Waals surface area contributed by atoms with Crippen LogP contribution in [0.15, 0.2) is 36.5 Å². The molecule has 0 aliphatic carbocycles. The van der Waals surface area contributed by atoms with Crippen LogP contribution in [0.25, 0.3) is 0 Å². The summed E-state index contributed by atoms with van der Waals surface area (Å²) in [4.78, 5) is 3.79. The summed E-state index contributed by atoms with van der Waals surface area (Å²) in [7, 11) is 1.50. The third kappa shape index (κ3) is 2.41. The first-order valence-electron chi connectivity index (χ1n) is 5.31. The molecule has 0 fully saturated rings.